The van der Waals surface area contributed by atoms with Crippen LogP contribution in [0.3, 0.4) is 0 Å². The number of nitrogens with zero attached hydrogens (tertiary/aromatic N) is 1. The van der Waals surface area contributed by atoms with Crippen LogP contribution in [0.2, 0.25) is 0 Å². The van der Waals surface area contributed by atoms with Crippen molar-refractivity contribution < 1.29 is 0 Å². The molecule has 0 radical (unpaired) electrons. The Hall–Kier alpha value is -0.860. The van der Waals surface area contributed by atoms with Gasteiger partial charge in [0, 0.05) is 31.2 Å². The smallest absolute Gasteiger partial charge is 0.0307 e. The maximum Gasteiger partial charge on any atom is 0.0307 e. The third kappa shape index (κ3) is 3.83. The molecule has 1 aromatic rings. The summed E-state index contributed by atoms with van der Waals surface area (Å²) in [7, 11) is 0. The molecule has 0 saturated carbocycles. The minimum absolute atomic E-state index is 0.281. The van der Waals surface area contributed by atoms with Gasteiger partial charge in [0.25, 0.3) is 0 Å². The van der Waals surface area contributed by atoms with Crippen LogP contribution in [0.5, 0.6) is 0 Å². The van der Waals surface area contributed by atoms with Crippen LogP contribution in [0.1, 0.15) is 46.1 Å². The minimum atomic E-state index is 0.281. The van der Waals surface area contributed by atoms with E-state index in [-0.39, 0.29) is 5.54 Å². The molecule has 0 amide bonds. The predicted molar refractivity (Wildman–Crippen MR) is 86.8 cm³/mol. The highest BCUT2D eigenvalue weighted by atomic mass is 15.3. The van der Waals surface area contributed by atoms with Gasteiger partial charge in [-0.3, -0.25) is 4.90 Å². The van der Waals surface area contributed by atoms with Crippen LogP contribution in [0.25, 0.3) is 0 Å². The fourth-order valence-corrected chi connectivity index (χ4v) is 3.16. The summed E-state index contributed by atoms with van der Waals surface area (Å²) in [5.74, 6) is 0.761. The van der Waals surface area contributed by atoms with E-state index >= 15 is 0 Å². The van der Waals surface area contributed by atoms with E-state index in [2.05, 4.69) is 68.2 Å². The number of hydrogen-bond donors (Lipinski definition) is 1. The summed E-state index contributed by atoms with van der Waals surface area (Å²) < 4.78 is 0. The minimum Gasteiger partial charge on any atom is -0.311 e. The molecule has 20 heavy (non-hydrogen) atoms. The normalized spacial score (nSPS) is 27.9. The summed E-state index contributed by atoms with van der Waals surface area (Å²) in [5, 5.41) is 3.77. The zero-order chi connectivity index (χ0) is 14.6. The lowest BCUT2D eigenvalue weighted by molar-refractivity contribution is 0.0372. The van der Waals surface area contributed by atoms with E-state index < -0.39 is 0 Å². The van der Waals surface area contributed by atoms with Crippen LogP contribution in [0.4, 0.5) is 0 Å². The van der Waals surface area contributed by atoms with Gasteiger partial charge in [0.1, 0.15) is 0 Å². The van der Waals surface area contributed by atoms with E-state index in [1.165, 1.54) is 18.4 Å². The van der Waals surface area contributed by atoms with Crippen molar-refractivity contribution >= 4 is 0 Å². The topological polar surface area (TPSA) is 15.3 Å². The third-order valence-corrected chi connectivity index (χ3v) is 4.71. The summed E-state index contributed by atoms with van der Waals surface area (Å²) >= 11 is 0. The van der Waals surface area contributed by atoms with Crippen LogP contribution in [0, 0.1) is 5.92 Å². The highest BCUT2D eigenvalue weighted by Crippen LogP contribution is 2.26. The lowest BCUT2D eigenvalue weighted by atomic mass is 9.89. The van der Waals surface area contributed by atoms with Crippen LogP contribution in [-0.2, 0) is 6.54 Å². The zero-order valence-electron chi connectivity index (χ0n) is 13.5. The molecule has 1 aliphatic rings. The van der Waals surface area contributed by atoms with Crippen molar-refractivity contribution in [1.29, 1.82) is 0 Å². The van der Waals surface area contributed by atoms with Crippen molar-refractivity contribution in [1.82, 2.24) is 10.2 Å². The second kappa shape index (κ2) is 6.73. The molecule has 1 fully saturated rings. The van der Waals surface area contributed by atoms with E-state index in [9.17, 15) is 0 Å². The van der Waals surface area contributed by atoms with Crippen molar-refractivity contribution in [2.75, 3.05) is 13.1 Å². The first-order valence-corrected chi connectivity index (χ1v) is 8.06. The van der Waals surface area contributed by atoms with Crippen LogP contribution >= 0.6 is 0 Å². The van der Waals surface area contributed by atoms with Gasteiger partial charge in [-0.2, -0.15) is 0 Å². The number of piperazine rings is 1. The Labute approximate surface area is 124 Å². The van der Waals surface area contributed by atoms with E-state index in [0.717, 1.165) is 25.6 Å². The van der Waals surface area contributed by atoms with E-state index in [4.69, 9.17) is 0 Å². The SMILES string of the molecule is CCC1(C)CNC(CC(C)C)CN1Cc1ccccc1. The molecule has 1 saturated heterocycles. The maximum atomic E-state index is 3.77. The van der Waals surface area contributed by atoms with Crippen molar-refractivity contribution in [3.05, 3.63) is 35.9 Å². The molecule has 2 rings (SSSR count). The Bertz CT molecular complexity index is 401. The van der Waals surface area contributed by atoms with Crippen molar-refractivity contribution in [3.8, 4) is 0 Å². The van der Waals surface area contributed by atoms with Gasteiger partial charge in [0.2, 0.25) is 0 Å². The molecule has 2 heteroatoms. The number of rotatable bonds is 5. The molecule has 0 spiro atoms. The largest absolute Gasteiger partial charge is 0.311 e. The fourth-order valence-electron chi connectivity index (χ4n) is 3.16. The molecule has 0 bridgehead atoms. The van der Waals surface area contributed by atoms with Gasteiger partial charge in [-0.25, -0.2) is 0 Å². The van der Waals surface area contributed by atoms with Crippen molar-refractivity contribution in [2.45, 2.75) is 58.7 Å². The predicted octanol–water partition coefficient (Wildman–Crippen LogP) is 3.68. The van der Waals surface area contributed by atoms with Crippen LogP contribution in [-0.4, -0.2) is 29.6 Å². The molecule has 2 unspecified atom stereocenters. The highest BCUT2D eigenvalue weighted by molar-refractivity contribution is 5.15. The van der Waals surface area contributed by atoms with Gasteiger partial charge in [-0.15, -0.1) is 0 Å². The average Bonchev–Trinajstić information content (AvgIpc) is 2.43. The van der Waals surface area contributed by atoms with Gasteiger partial charge >= 0.3 is 0 Å². The Kier molecular flexibility index (Phi) is 5.22. The summed E-state index contributed by atoms with van der Waals surface area (Å²) in [5.41, 5.74) is 1.71. The second-order valence-corrected chi connectivity index (χ2v) is 6.92. The molecule has 2 nitrogen and oxygen atoms in total. The number of nitrogens with one attached hydrogen (secondary N) is 1. The first kappa shape index (κ1) is 15.5. The standard InChI is InChI=1S/C18H30N2/c1-5-18(4)14-19-17(11-15(2)3)13-20(18)12-16-9-7-6-8-10-16/h6-10,15,17,19H,5,11-14H2,1-4H3. The summed E-state index contributed by atoms with van der Waals surface area (Å²) in [6, 6.07) is 11.5. The molecule has 1 aromatic carbocycles. The molecule has 1 N–H and O–H groups in total. The lowest BCUT2D eigenvalue weighted by Gasteiger charge is -2.48. The lowest BCUT2D eigenvalue weighted by Crippen LogP contribution is -2.62. The monoisotopic (exact) mass is 274 g/mol. The average molecular weight is 274 g/mol. The second-order valence-electron chi connectivity index (χ2n) is 6.92. The van der Waals surface area contributed by atoms with E-state index in [1.807, 2.05) is 0 Å². The van der Waals surface area contributed by atoms with Crippen molar-refractivity contribution in [2.24, 2.45) is 5.92 Å². The quantitative estimate of drug-likeness (QED) is 0.881. The Morgan fingerprint density at radius 3 is 2.60 bits per heavy atom. The summed E-state index contributed by atoms with van der Waals surface area (Å²) in [6.07, 6.45) is 2.46. The van der Waals surface area contributed by atoms with Gasteiger partial charge in [-0.1, -0.05) is 51.1 Å². The Morgan fingerprint density at radius 2 is 2.00 bits per heavy atom. The van der Waals surface area contributed by atoms with Crippen LogP contribution in [0.15, 0.2) is 30.3 Å². The van der Waals surface area contributed by atoms with E-state index in [0.29, 0.717) is 6.04 Å². The molecule has 1 heterocycles. The molecule has 2 atom stereocenters. The third-order valence-electron chi connectivity index (χ3n) is 4.71. The van der Waals surface area contributed by atoms with E-state index in [1.54, 1.807) is 0 Å². The number of benzene rings is 1. The molecule has 112 valence electrons. The van der Waals surface area contributed by atoms with Crippen LogP contribution < -0.4 is 5.32 Å². The fraction of sp³-hybridized carbons (Fsp3) is 0.667. The van der Waals surface area contributed by atoms with Gasteiger partial charge < -0.3 is 5.32 Å². The molecule has 0 aromatic heterocycles. The first-order valence-electron chi connectivity index (χ1n) is 8.06. The van der Waals surface area contributed by atoms with Gasteiger partial charge in [0.15, 0.2) is 0 Å². The molecule has 0 aliphatic carbocycles. The van der Waals surface area contributed by atoms with Gasteiger partial charge in [-0.05, 0) is 31.2 Å². The summed E-state index contributed by atoms with van der Waals surface area (Å²) in [4.78, 5) is 2.69. The molecular weight excluding hydrogens is 244 g/mol. The highest BCUT2D eigenvalue weighted by Gasteiger charge is 2.36. The number of hydrogen-bond acceptors (Lipinski definition) is 2. The van der Waals surface area contributed by atoms with Gasteiger partial charge in [0.05, 0.1) is 0 Å². The Balaban J connectivity index is 2.07. The summed E-state index contributed by atoms with van der Waals surface area (Å²) in [6.45, 7) is 12.7. The molecular formula is C18H30N2. The van der Waals surface area contributed by atoms with Crippen molar-refractivity contribution in [3.63, 3.8) is 0 Å². The first-order chi connectivity index (χ1) is 9.53. The Morgan fingerprint density at radius 1 is 1.30 bits per heavy atom. The zero-order valence-corrected chi connectivity index (χ0v) is 13.5. The molecule has 1 aliphatic heterocycles. The maximum absolute atomic E-state index is 3.77.